The summed E-state index contributed by atoms with van der Waals surface area (Å²) in [5.41, 5.74) is 2.41. The third-order valence-corrected chi connectivity index (χ3v) is 4.05. The number of benzene rings is 1. The molecule has 0 radical (unpaired) electrons. The molecule has 1 aromatic carbocycles. The van der Waals surface area contributed by atoms with Gasteiger partial charge in [0.25, 0.3) is 0 Å². The van der Waals surface area contributed by atoms with Crippen LogP contribution in [0.4, 0.5) is 11.8 Å². The van der Waals surface area contributed by atoms with Gasteiger partial charge in [0.2, 0.25) is 5.95 Å². The highest BCUT2D eigenvalue weighted by atomic mass is 35.5. The average Bonchev–Trinajstić information content (AvgIpc) is 2.87. The van der Waals surface area contributed by atoms with E-state index in [1.807, 2.05) is 32.3 Å². The molecular weight excluding hydrogens is 335 g/mol. The fourth-order valence-corrected chi connectivity index (χ4v) is 2.94. The van der Waals surface area contributed by atoms with Crippen LogP contribution < -0.4 is 10.6 Å². The Morgan fingerprint density at radius 1 is 1.22 bits per heavy atom. The fraction of sp³-hybridized carbons (Fsp3) is 0.267. The van der Waals surface area contributed by atoms with E-state index in [1.165, 1.54) is 0 Å². The lowest BCUT2D eigenvalue weighted by molar-refractivity contribution is 0.778. The van der Waals surface area contributed by atoms with E-state index in [4.69, 9.17) is 23.2 Å². The molecule has 0 aliphatic rings. The topological polar surface area (TPSA) is 67.7 Å². The SMILES string of the molecule is CNc1nc(NC(C)c2ccc(Cl)cc2Cl)c2nn(C)cc2n1. The van der Waals surface area contributed by atoms with Gasteiger partial charge in [0.1, 0.15) is 5.52 Å². The molecule has 0 aliphatic heterocycles. The minimum Gasteiger partial charge on any atom is -0.361 e. The van der Waals surface area contributed by atoms with Gasteiger partial charge in [0, 0.05) is 24.1 Å². The van der Waals surface area contributed by atoms with Crippen molar-refractivity contribution in [3.63, 3.8) is 0 Å². The molecule has 0 fully saturated rings. The van der Waals surface area contributed by atoms with Gasteiger partial charge < -0.3 is 10.6 Å². The highest BCUT2D eigenvalue weighted by Crippen LogP contribution is 2.30. The van der Waals surface area contributed by atoms with Crippen molar-refractivity contribution < 1.29 is 0 Å². The maximum absolute atomic E-state index is 6.28. The number of hydrogen-bond acceptors (Lipinski definition) is 5. The zero-order chi connectivity index (χ0) is 16.6. The maximum atomic E-state index is 6.28. The van der Waals surface area contributed by atoms with Gasteiger partial charge >= 0.3 is 0 Å². The number of nitrogens with zero attached hydrogens (tertiary/aromatic N) is 4. The molecule has 0 aliphatic carbocycles. The second-order valence-electron chi connectivity index (χ2n) is 5.21. The highest BCUT2D eigenvalue weighted by Gasteiger charge is 2.15. The van der Waals surface area contributed by atoms with Crippen LogP contribution >= 0.6 is 23.2 Å². The Labute approximate surface area is 143 Å². The number of halogens is 2. The molecule has 0 saturated heterocycles. The van der Waals surface area contributed by atoms with Crippen molar-refractivity contribution in [1.82, 2.24) is 19.7 Å². The van der Waals surface area contributed by atoms with Gasteiger partial charge in [-0.05, 0) is 24.6 Å². The van der Waals surface area contributed by atoms with Crippen LogP contribution in [0.25, 0.3) is 11.0 Å². The van der Waals surface area contributed by atoms with E-state index in [-0.39, 0.29) is 6.04 Å². The van der Waals surface area contributed by atoms with Crippen LogP contribution in [-0.2, 0) is 7.05 Å². The Hall–Kier alpha value is -2.05. The fourth-order valence-electron chi connectivity index (χ4n) is 2.37. The molecule has 2 heterocycles. The van der Waals surface area contributed by atoms with Crippen LogP contribution in [-0.4, -0.2) is 26.8 Å². The van der Waals surface area contributed by atoms with Crippen LogP contribution in [0.3, 0.4) is 0 Å². The molecule has 2 N–H and O–H groups in total. The van der Waals surface area contributed by atoms with Crippen LogP contribution in [0.1, 0.15) is 18.5 Å². The zero-order valence-corrected chi connectivity index (χ0v) is 14.4. The summed E-state index contributed by atoms with van der Waals surface area (Å²) in [6.45, 7) is 2.01. The number of rotatable bonds is 4. The van der Waals surface area contributed by atoms with Gasteiger partial charge in [-0.25, -0.2) is 4.98 Å². The number of hydrogen-bond donors (Lipinski definition) is 2. The summed E-state index contributed by atoms with van der Waals surface area (Å²) in [5.74, 6) is 1.18. The minimum absolute atomic E-state index is 0.0652. The van der Waals surface area contributed by atoms with Crippen LogP contribution in [0, 0.1) is 0 Å². The van der Waals surface area contributed by atoms with E-state index in [1.54, 1.807) is 17.8 Å². The molecule has 8 heteroatoms. The molecule has 1 atom stereocenters. The van der Waals surface area contributed by atoms with E-state index in [2.05, 4.69) is 25.7 Å². The van der Waals surface area contributed by atoms with Gasteiger partial charge in [-0.3, -0.25) is 4.68 Å². The standard InChI is InChI=1S/C15H16Cl2N6/c1-8(10-5-4-9(16)6-11(10)17)19-14-13-12(7-23(3)22-13)20-15(18-2)21-14/h4-8H,1-3H3,(H2,18,19,20,21). The molecule has 3 aromatic rings. The van der Waals surface area contributed by atoms with Crippen LogP contribution in [0.5, 0.6) is 0 Å². The molecule has 3 rings (SSSR count). The summed E-state index contributed by atoms with van der Waals surface area (Å²) < 4.78 is 1.71. The van der Waals surface area contributed by atoms with Crippen molar-refractivity contribution in [2.75, 3.05) is 17.7 Å². The Morgan fingerprint density at radius 2 is 2.00 bits per heavy atom. The highest BCUT2D eigenvalue weighted by molar-refractivity contribution is 6.35. The first kappa shape index (κ1) is 15.8. The zero-order valence-electron chi connectivity index (χ0n) is 12.9. The molecule has 120 valence electrons. The second kappa shape index (κ2) is 6.22. The molecule has 0 spiro atoms. The number of aromatic nitrogens is 4. The van der Waals surface area contributed by atoms with Gasteiger partial charge in [-0.2, -0.15) is 10.1 Å². The summed E-state index contributed by atoms with van der Waals surface area (Å²) >= 11 is 12.2. The van der Waals surface area contributed by atoms with Gasteiger partial charge in [0.05, 0.1) is 12.2 Å². The van der Waals surface area contributed by atoms with Crippen LogP contribution in [0.15, 0.2) is 24.4 Å². The lowest BCUT2D eigenvalue weighted by Gasteiger charge is -2.17. The van der Waals surface area contributed by atoms with Crippen molar-refractivity contribution in [3.8, 4) is 0 Å². The third-order valence-electron chi connectivity index (χ3n) is 3.48. The molecule has 23 heavy (non-hydrogen) atoms. The van der Waals surface area contributed by atoms with Crippen molar-refractivity contribution in [2.24, 2.45) is 7.05 Å². The first-order valence-electron chi connectivity index (χ1n) is 7.08. The summed E-state index contributed by atoms with van der Waals surface area (Å²) in [4.78, 5) is 8.86. The van der Waals surface area contributed by atoms with Crippen molar-refractivity contribution in [3.05, 3.63) is 40.0 Å². The smallest absolute Gasteiger partial charge is 0.225 e. The van der Waals surface area contributed by atoms with Gasteiger partial charge in [-0.15, -0.1) is 0 Å². The lowest BCUT2D eigenvalue weighted by atomic mass is 10.1. The van der Waals surface area contributed by atoms with E-state index >= 15 is 0 Å². The minimum atomic E-state index is -0.0652. The summed E-state index contributed by atoms with van der Waals surface area (Å²) in [6.07, 6.45) is 1.85. The Bertz CT molecular complexity index is 861. The van der Waals surface area contributed by atoms with Gasteiger partial charge in [-0.1, -0.05) is 29.3 Å². The Kier molecular flexibility index (Phi) is 4.28. The molecule has 1 unspecified atom stereocenters. The van der Waals surface area contributed by atoms with E-state index < -0.39 is 0 Å². The predicted octanol–water partition coefficient (Wildman–Crippen LogP) is 3.88. The van der Waals surface area contributed by atoms with E-state index in [0.29, 0.717) is 27.3 Å². The molecule has 2 aromatic heterocycles. The second-order valence-corrected chi connectivity index (χ2v) is 6.06. The molecular formula is C15H16Cl2N6. The molecule has 6 nitrogen and oxygen atoms in total. The number of fused-ring (bicyclic) bond motifs is 1. The lowest BCUT2D eigenvalue weighted by Crippen LogP contribution is -2.10. The van der Waals surface area contributed by atoms with Crippen molar-refractivity contribution >= 4 is 46.0 Å². The van der Waals surface area contributed by atoms with Gasteiger partial charge in [0.15, 0.2) is 11.3 Å². The Balaban J connectivity index is 1.99. The third kappa shape index (κ3) is 3.18. The van der Waals surface area contributed by atoms with Crippen molar-refractivity contribution in [1.29, 1.82) is 0 Å². The number of nitrogens with one attached hydrogen (secondary N) is 2. The largest absolute Gasteiger partial charge is 0.361 e. The predicted molar refractivity (Wildman–Crippen MR) is 94.4 cm³/mol. The summed E-state index contributed by atoms with van der Waals surface area (Å²) in [6, 6.07) is 5.38. The summed E-state index contributed by atoms with van der Waals surface area (Å²) in [5, 5.41) is 11.9. The van der Waals surface area contributed by atoms with E-state index in [0.717, 1.165) is 11.1 Å². The maximum Gasteiger partial charge on any atom is 0.225 e. The molecule has 0 amide bonds. The molecule has 0 bridgehead atoms. The van der Waals surface area contributed by atoms with Crippen molar-refractivity contribution in [2.45, 2.75) is 13.0 Å². The first-order chi connectivity index (χ1) is 11.0. The Morgan fingerprint density at radius 3 is 2.70 bits per heavy atom. The number of anilines is 2. The molecule has 0 saturated carbocycles. The number of aryl methyl sites for hydroxylation is 1. The van der Waals surface area contributed by atoms with Crippen LogP contribution in [0.2, 0.25) is 10.0 Å². The quantitative estimate of drug-likeness (QED) is 0.747. The average molecular weight is 351 g/mol. The monoisotopic (exact) mass is 350 g/mol. The van der Waals surface area contributed by atoms with E-state index in [9.17, 15) is 0 Å². The normalized spacial score (nSPS) is 12.4. The summed E-state index contributed by atoms with van der Waals surface area (Å²) in [7, 11) is 3.63. The first-order valence-corrected chi connectivity index (χ1v) is 7.84.